The van der Waals surface area contributed by atoms with Crippen molar-refractivity contribution in [3.8, 4) is 0 Å². The summed E-state index contributed by atoms with van der Waals surface area (Å²) in [6.45, 7) is 0. The van der Waals surface area contributed by atoms with Gasteiger partial charge in [0.15, 0.2) is 0 Å². The average molecular weight is 250 g/mol. The molecule has 1 aromatic carbocycles. The van der Waals surface area contributed by atoms with Crippen LogP contribution in [-0.2, 0) is 0 Å². The first-order valence-electron chi connectivity index (χ1n) is 2.63. The van der Waals surface area contributed by atoms with Crippen LogP contribution in [0, 0.1) is 13.7 Å². The van der Waals surface area contributed by atoms with E-state index in [1.807, 2.05) is 18.2 Å². The Morgan fingerprint density at radius 2 is 1.90 bits per heavy atom. The molecule has 3 nitrogen and oxygen atoms in total. The fourth-order valence-corrected chi connectivity index (χ4v) is 1.74. The van der Waals surface area contributed by atoms with E-state index in [4.69, 9.17) is 0 Å². The van der Waals surface area contributed by atoms with Gasteiger partial charge in [0, 0.05) is 0 Å². The number of hydrogen-bond acceptors (Lipinski definition) is 2. The number of nitrogens with zero attached hydrogens (tertiary/aromatic N) is 1. The topological polar surface area (TPSA) is 43.1 Å². The summed E-state index contributed by atoms with van der Waals surface area (Å²) < 4.78 is 0.625. The van der Waals surface area contributed by atoms with Crippen LogP contribution in [-0.4, -0.2) is 3.14 Å². The summed E-state index contributed by atoms with van der Waals surface area (Å²) in [5.74, 6) is 0. The molecule has 0 heterocycles. The van der Waals surface area contributed by atoms with Gasteiger partial charge in [0.05, 0.1) is 0 Å². The van der Waals surface area contributed by atoms with Gasteiger partial charge in [0.25, 0.3) is 0 Å². The van der Waals surface area contributed by atoms with Crippen molar-refractivity contribution >= 4 is 0 Å². The number of halogens is 1. The fourth-order valence-electron chi connectivity index (χ4n) is 0.551. The molecule has 0 aliphatic carbocycles. The fraction of sp³-hybridized carbons (Fsp3) is 0. The van der Waals surface area contributed by atoms with E-state index in [1.165, 1.54) is 0 Å². The zero-order chi connectivity index (χ0) is 7.40. The molecular formula is C6H5INO2-. The van der Waals surface area contributed by atoms with Gasteiger partial charge in [-0.25, -0.2) is 0 Å². The van der Waals surface area contributed by atoms with Crippen LogP contribution < -0.4 is 21.5 Å². The Labute approximate surface area is 68.8 Å². The van der Waals surface area contributed by atoms with E-state index in [2.05, 4.69) is 0 Å². The molecule has 0 bridgehead atoms. The first-order chi connectivity index (χ1) is 4.79. The Balaban J connectivity index is 2.67. The molecule has 0 unspecified atom stereocenters. The second-order valence-corrected chi connectivity index (χ2v) is 4.11. The summed E-state index contributed by atoms with van der Waals surface area (Å²) >= 11 is -1.01. The Bertz CT molecular complexity index is 224. The second kappa shape index (κ2) is 3.50. The van der Waals surface area contributed by atoms with Gasteiger partial charge in [-0.2, -0.15) is 0 Å². The van der Waals surface area contributed by atoms with Gasteiger partial charge in [-0.1, -0.05) is 0 Å². The SMILES string of the molecule is O=[N+]([O-])[I-]c1ccccc1. The molecule has 10 heavy (non-hydrogen) atoms. The van der Waals surface area contributed by atoms with Crippen molar-refractivity contribution in [1.82, 2.24) is 0 Å². The predicted molar refractivity (Wildman–Crippen MR) is 32.1 cm³/mol. The molecule has 0 atom stereocenters. The van der Waals surface area contributed by atoms with E-state index in [0.717, 1.165) is 3.57 Å². The van der Waals surface area contributed by atoms with E-state index < -0.39 is 21.5 Å². The third-order valence-corrected chi connectivity index (χ3v) is 2.57. The molecule has 4 heteroatoms. The van der Waals surface area contributed by atoms with Crippen LogP contribution in [0.1, 0.15) is 0 Å². The summed E-state index contributed by atoms with van der Waals surface area (Å²) in [7, 11) is 0. The van der Waals surface area contributed by atoms with Gasteiger partial charge in [-0.15, -0.1) is 0 Å². The summed E-state index contributed by atoms with van der Waals surface area (Å²) in [6.07, 6.45) is 0. The summed E-state index contributed by atoms with van der Waals surface area (Å²) in [4.78, 5) is 10.0. The molecule has 0 spiro atoms. The quantitative estimate of drug-likeness (QED) is 0.267. The van der Waals surface area contributed by atoms with Crippen LogP contribution in [0.2, 0.25) is 0 Å². The molecule has 54 valence electrons. The van der Waals surface area contributed by atoms with Gasteiger partial charge in [0.1, 0.15) is 0 Å². The van der Waals surface area contributed by atoms with Crippen molar-refractivity contribution in [2.45, 2.75) is 0 Å². The van der Waals surface area contributed by atoms with E-state index in [-0.39, 0.29) is 3.14 Å². The van der Waals surface area contributed by atoms with Gasteiger partial charge in [-0.3, -0.25) is 0 Å². The molecule has 0 fully saturated rings. The molecule has 0 aliphatic heterocycles. The molecule has 1 rings (SSSR count). The van der Waals surface area contributed by atoms with Gasteiger partial charge >= 0.3 is 68.6 Å². The third kappa shape index (κ3) is 2.30. The minimum atomic E-state index is -1.01. The maximum absolute atomic E-state index is 10.0. The van der Waals surface area contributed by atoms with E-state index >= 15 is 0 Å². The first kappa shape index (κ1) is 7.46. The minimum absolute atomic E-state index is 0.228. The zero-order valence-electron chi connectivity index (χ0n) is 5.03. The van der Waals surface area contributed by atoms with Gasteiger partial charge in [-0.05, 0) is 0 Å². The molecule has 0 amide bonds. The molecule has 0 aromatic heterocycles. The summed E-state index contributed by atoms with van der Waals surface area (Å²) in [5.41, 5.74) is 0. The molecule has 1 aromatic rings. The van der Waals surface area contributed by atoms with E-state index in [1.54, 1.807) is 12.1 Å². The van der Waals surface area contributed by atoms with Gasteiger partial charge in [0.2, 0.25) is 0 Å². The average Bonchev–Trinajstić information content (AvgIpc) is 1.88. The Kier molecular flexibility index (Phi) is 2.61. The number of rotatable bonds is 2. The number of benzene rings is 1. The molecule has 0 saturated carbocycles. The van der Waals surface area contributed by atoms with Crippen LogP contribution in [0.4, 0.5) is 0 Å². The number of hydrogen-bond donors (Lipinski definition) is 0. The normalized spacial score (nSPS) is 9.60. The van der Waals surface area contributed by atoms with Crippen molar-refractivity contribution in [1.29, 1.82) is 0 Å². The first-order valence-corrected chi connectivity index (χ1v) is 4.68. The van der Waals surface area contributed by atoms with Crippen LogP contribution in [0.5, 0.6) is 0 Å². The molecule has 0 aliphatic rings. The Hall–Kier alpha value is -0.650. The van der Waals surface area contributed by atoms with Crippen molar-refractivity contribution in [3.05, 3.63) is 44.0 Å². The van der Waals surface area contributed by atoms with Crippen LogP contribution >= 0.6 is 0 Å². The number of nitro groups is 1. The summed E-state index contributed by atoms with van der Waals surface area (Å²) in [6, 6.07) is 9.07. The standard InChI is InChI=1S/C6H5INO2/c9-8(10)7-6-4-2-1-3-5-6/h1-5H/q-1. The molecular weight excluding hydrogens is 245 g/mol. The van der Waals surface area contributed by atoms with Crippen molar-refractivity contribution in [2.75, 3.05) is 0 Å². The van der Waals surface area contributed by atoms with E-state index in [0.29, 0.717) is 0 Å². The van der Waals surface area contributed by atoms with Gasteiger partial charge < -0.3 is 0 Å². The third-order valence-electron chi connectivity index (χ3n) is 0.900. The van der Waals surface area contributed by atoms with Crippen LogP contribution in [0.25, 0.3) is 0 Å². The maximum atomic E-state index is 10.0. The van der Waals surface area contributed by atoms with Crippen molar-refractivity contribution in [3.63, 3.8) is 0 Å². The second-order valence-electron chi connectivity index (χ2n) is 1.59. The predicted octanol–water partition coefficient (Wildman–Crippen LogP) is -1.86. The van der Waals surface area contributed by atoms with Crippen LogP contribution in [0.15, 0.2) is 30.3 Å². The molecule has 0 saturated heterocycles. The van der Waals surface area contributed by atoms with Crippen molar-refractivity contribution < 1.29 is 24.6 Å². The summed E-state index contributed by atoms with van der Waals surface area (Å²) in [5, 5.41) is 10.0. The monoisotopic (exact) mass is 250 g/mol. The Morgan fingerprint density at radius 1 is 1.30 bits per heavy atom. The molecule has 0 radical (unpaired) electrons. The van der Waals surface area contributed by atoms with E-state index in [9.17, 15) is 10.1 Å². The Morgan fingerprint density at radius 3 is 2.40 bits per heavy atom. The molecule has 0 N–H and O–H groups in total. The van der Waals surface area contributed by atoms with Crippen LogP contribution in [0.3, 0.4) is 0 Å². The zero-order valence-corrected chi connectivity index (χ0v) is 7.19. The van der Waals surface area contributed by atoms with Crippen molar-refractivity contribution in [2.24, 2.45) is 0 Å².